The molecule has 1 aromatic heterocycles. The lowest BCUT2D eigenvalue weighted by Gasteiger charge is -2.29. The number of alkyl halides is 3. The second-order valence-corrected chi connectivity index (χ2v) is 6.78. The van der Waals surface area contributed by atoms with Crippen molar-refractivity contribution in [1.29, 1.82) is 0 Å². The number of Topliss-reactive ketones (excluding diaryl/α,β-unsaturated/α-hetero) is 1. The Balaban J connectivity index is 1.88. The van der Waals surface area contributed by atoms with Crippen LogP contribution in [0.5, 0.6) is 0 Å². The Morgan fingerprint density at radius 2 is 1.95 bits per heavy atom. The summed E-state index contributed by atoms with van der Waals surface area (Å²) in [6.07, 6.45) is -2.86. The average Bonchev–Trinajstić information content (AvgIpc) is 2.74. The van der Waals surface area contributed by atoms with Gasteiger partial charge in [0.15, 0.2) is 0 Å². The number of carbonyl (C=O) groups excluding carboxylic acids is 1. The topological polar surface area (TPSA) is 17.1 Å². The number of hydrogen-bond acceptors (Lipinski definition) is 2. The summed E-state index contributed by atoms with van der Waals surface area (Å²) in [5, 5.41) is 1.90. The summed E-state index contributed by atoms with van der Waals surface area (Å²) >= 11 is 4.86. The SMILES string of the molecule is O=C(Cc1sccc1Br)C1CCC(C(F)(F)F)CC1. The van der Waals surface area contributed by atoms with E-state index in [1.165, 1.54) is 11.3 Å². The molecule has 19 heavy (non-hydrogen) atoms. The van der Waals surface area contributed by atoms with Gasteiger partial charge in [-0.2, -0.15) is 13.2 Å². The molecule has 1 fully saturated rings. The third kappa shape index (κ3) is 3.81. The molecule has 6 heteroatoms. The molecular formula is C13H14BrF3OS. The Bertz CT molecular complexity index is 447. The Kier molecular flexibility index (Phi) is 4.71. The molecule has 0 bridgehead atoms. The molecule has 0 saturated heterocycles. The first-order valence-corrected chi connectivity index (χ1v) is 7.86. The van der Waals surface area contributed by atoms with Crippen molar-refractivity contribution in [2.75, 3.05) is 0 Å². The molecule has 1 nitrogen and oxygen atoms in total. The van der Waals surface area contributed by atoms with Gasteiger partial charge >= 0.3 is 6.18 Å². The minimum atomic E-state index is -4.11. The van der Waals surface area contributed by atoms with Gasteiger partial charge in [-0.25, -0.2) is 0 Å². The van der Waals surface area contributed by atoms with E-state index in [0.717, 1.165) is 9.35 Å². The van der Waals surface area contributed by atoms with E-state index in [9.17, 15) is 18.0 Å². The van der Waals surface area contributed by atoms with Crippen molar-refractivity contribution < 1.29 is 18.0 Å². The summed E-state index contributed by atoms with van der Waals surface area (Å²) < 4.78 is 38.5. The van der Waals surface area contributed by atoms with Crippen molar-refractivity contribution in [2.24, 2.45) is 11.8 Å². The van der Waals surface area contributed by atoms with Crippen LogP contribution in [-0.2, 0) is 11.2 Å². The predicted molar refractivity (Wildman–Crippen MR) is 72.2 cm³/mol. The second-order valence-electron chi connectivity index (χ2n) is 4.92. The first-order valence-electron chi connectivity index (χ1n) is 6.19. The van der Waals surface area contributed by atoms with E-state index < -0.39 is 12.1 Å². The van der Waals surface area contributed by atoms with Gasteiger partial charge in [0.25, 0.3) is 0 Å². The highest BCUT2D eigenvalue weighted by Crippen LogP contribution is 2.40. The first kappa shape index (κ1) is 15.0. The van der Waals surface area contributed by atoms with Gasteiger partial charge < -0.3 is 0 Å². The molecule has 1 aromatic rings. The summed E-state index contributed by atoms with van der Waals surface area (Å²) in [6.45, 7) is 0. The lowest BCUT2D eigenvalue weighted by atomic mass is 9.79. The number of carbonyl (C=O) groups is 1. The van der Waals surface area contributed by atoms with Gasteiger partial charge in [-0.05, 0) is 53.1 Å². The van der Waals surface area contributed by atoms with Crippen LogP contribution in [0.25, 0.3) is 0 Å². The predicted octanol–water partition coefficient (Wildman–Crippen LogP) is 4.99. The van der Waals surface area contributed by atoms with Crippen LogP contribution in [0.15, 0.2) is 15.9 Å². The molecule has 0 radical (unpaired) electrons. The Hall–Kier alpha value is -0.360. The largest absolute Gasteiger partial charge is 0.391 e. The highest BCUT2D eigenvalue weighted by molar-refractivity contribution is 9.10. The van der Waals surface area contributed by atoms with E-state index in [4.69, 9.17) is 0 Å². The van der Waals surface area contributed by atoms with Gasteiger partial charge in [-0.1, -0.05) is 0 Å². The number of rotatable bonds is 3. The fraction of sp³-hybridized carbons (Fsp3) is 0.615. The molecule has 1 aliphatic carbocycles. The summed E-state index contributed by atoms with van der Waals surface area (Å²) in [5.74, 6) is -1.35. The Morgan fingerprint density at radius 3 is 2.42 bits per heavy atom. The molecule has 1 saturated carbocycles. The first-order chi connectivity index (χ1) is 8.88. The highest BCUT2D eigenvalue weighted by Gasteiger charge is 2.42. The average molecular weight is 355 g/mol. The highest BCUT2D eigenvalue weighted by atomic mass is 79.9. The molecule has 0 atom stereocenters. The third-order valence-corrected chi connectivity index (χ3v) is 5.60. The standard InChI is InChI=1S/C13H14BrF3OS/c14-10-5-6-19-12(10)7-11(18)8-1-3-9(4-2-8)13(15,16)17/h5-6,8-9H,1-4,7H2. The number of thiophene rings is 1. The minimum absolute atomic E-state index is 0.0729. The van der Waals surface area contributed by atoms with Crippen molar-refractivity contribution in [2.45, 2.75) is 38.3 Å². The minimum Gasteiger partial charge on any atom is -0.299 e. The van der Waals surface area contributed by atoms with E-state index >= 15 is 0 Å². The zero-order valence-electron chi connectivity index (χ0n) is 10.2. The Morgan fingerprint density at radius 1 is 1.32 bits per heavy atom. The lowest BCUT2D eigenvalue weighted by molar-refractivity contribution is -0.184. The molecule has 1 heterocycles. The number of halogens is 4. The van der Waals surface area contributed by atoms with Gasteiger partial charge in [0, 0.05) is 21.7 Å². The van der Waals surface area contributed by atoms with Gasteiger partial charge in [-0.3, -0.25) is 4.79 Å². The monoisotopic (exact) mass is 354 g/mol. The quantitative estimate of drug-likeness (QED) is 0.747. The number of hydrogen-bond donors (Lipinski definition) is 0. The molecule has 0 aliphatic heterocycles. The maximum Gasteiger partial charge on any atom is 0.391 e. The van der Waals surface area contributed by atoms with Crippen LogP contribution in [-0.4, -0.2) is 12.0 Å². The van der Waals surface area contributed by atoms with E-state index in [1.54, 1.807) is 0 Å². The van der Waals surface area contributed by atoms with Crippen LogP contribution in [0.4, 0.5) is 13.2 Å². The maximum atomic E-state index is 12.5. The molecular weight excluding hydrogens is 341 g/mol. The fourth-order valence-corrected chi connectivity index (χ4v) is 4.00. The van der Waals surface area contributed by atoms with Crippen molar-refractivity contribution >= 4 is 33.0 Å². The molecule has 0 amide bonds. The smallest absolute Gasteiger partial charge is 0.299 e. The van der Waals surface area contributed by atoms with Crippen LogP contribution in [0.1, 0.15) is 30.6 Å². The maximum absolute atomic E-state index is 12.5. The number of ketones is 1. The third-order valence-electron chi connectivity index (χ3n) is 3.67. The van der Waals surface area contributed by atoms with Crippen LogP contribution in [0.2, 0.25) is 0 Å². The van der Waals surface area contributed by atoms with Gasteiger partial charge in [0.05, 0.1) is 5.92 Å². The normalized spacial score (nSPS) is 24.4. The molecule has 106 valence electrons. The van der Waals surface area contributed by atoms with E-state index in [2.05, 4.69) is 15.9 Å². The van der Waals surface area contributed by atoms with Crippen molar-refractivity contribution in [1.82, 2.24) is 0 Å². The lowest BCUT2D eigenvalue weighted by Crippen LogP contribution is -2.30. The summed E-state index contributed by atoms with van der Waals surface area (Å²) in [6, 6.07) is 1.88. The summed E-state index contributed by atoms with van der Waals surface area (Å²) in [4.78, 5) is 13.0. The summed E-state index contributed by atoms with van der Waals surface area (Å²) in [5.41, 5.74) is 0. The molecule has 0 spiro atoms. The van der Waals surface area contributed by atoms with Crippen LogP contribution < -0.4 is 0 Å². The van der Waals surface area contributed by atoms with E-state index in [0.29, 0.717) is 19.3 Å². The van der Waals surface area contributed by atoms with Crippen LogP contribution >= 0.6 is 27.3 Å². The van der Waals surface area contributed by atoms with Gasteiger partial charge in [0.1, 0.15) is 5.78 Å². The zero-order chi connectivity index (χ0) is 14.0. The second kappa shape index (κ2) is 5.95. The van der Waals surface area contributed by atoms with Gasteiger partial charge in [0.2, 0.25) is 0 Å². The van der Waals surface area contributed by atoms with E-state index in [1.807, 2.05) is 11.4 Å². The van der Waals surface area contributed by atoms with Crippen LogP contribution in [0, 0.1) is 11.8 Å². The molecule has 1 aliphatic rings. The fourth-order valence-electron chi connectivity index (χ4n) is 2.50. The summed E-state index contributed by atoms with van der Waals surface area (Å²) in [7, 11) is 0. The Labute approximate surface area is 122 Å². The molecule has 0 unspecified atom stereocenters. The van der Waals surface area contributed by atoms with E-state index in [-0.39, 0.29) is 24.5 Å². The molecule has 2 rings (SSSR count). The van der Waals surface area contributed by atoms with Crippen molar-refractivity contribution in [3.05, 3.63) is 20.8 Å². The van der Waals surface area contributed by atoms with Crippen molar-refractivity contribution in [3.63, 3.8) is 0 Å². The molecule has 0 N–H and O–H groups in total. The zero-order valence-corrected chi connectivity index (χ0v) is 12.6. The van der Waals surface area contributed by atoms with Crippen molar-refractivity contribution in [3.8, 4) is 0 Å². The van der Waals surface area contributed by atoms with Gasteiger partial charge in [-0.15, -0.1) is 11.3 Å². The molecule has 0 aromatic carbocycles. The van der Waals surface area contributed by atoms with Crippen LogP contribution in [0.3, 0.4) is 0 Å².